The van der Waals surface area contributed by atoms with Gasteiger partial charge in [0.25, 0.3) is 10.0 Å². The van der Waals surface area contributed by atoms with Gasteiger partial charge in [-0.25, -0.2) is 12.8 Å². The van der Waals surface area contributed by atoms with E-state index in [0.717, 1.165) is 4.31 Å². The quantitative estimate of drug-likeness (QED) is 0.377. The lowest BCUT2D eigenvalue weighted by molar-refractivity contribution is -0.119. The van der Waals surface area contributed by atoms with Crippen molar-refractivity contribution in [3.63, 3.8) is 0 Å². The van der Waals surface area contributed by atoms with Gasteiger partial charge in [-0.05, 0) is 42.0 Å². The molecular weight excluding hydrogens is 515 g/mol. The lowest BCUT2D eigenvalue weighted by atomic mass is 10.2. The Labute approximate surface area is 200 Å². The van der Waals surface area contributed by atoms with E-state index in [1.165, 1.54) is 30.0 Å². The summed E-state index contributed by atoms with van der Waals surface area (Å²) in [5.41, 5.74) is 0.992. The highest BCUT2D eigenvalue weighted by Crippen LogP contribution is 2.26. The van der Waals surface area contributed by atoms with E-state index in [0.29, 0.717) is 33.8 Å². The number of nitrogens with one attached hydrogen (secondary N) is 1. The van der Waals surface area contributed by atoms with Crippen molar-refractivity contribution < 1.29 is 17.6 Å². The van der Waals surface area contributed by atoms with Crippen molar-refractivity contribution in [2.45, 2.75) is 10.6 Å². The van der Waals surface area contributed by atoms with E-state index >= 15 is 0 Å². The fraction of sp³-hybridized carbons (Fsp3) is 0.174. The minimum Gasteiger partial charge on any atom is -0.354 e. The fourth-order valence-electron chi connectivity index (χ4n) is 2.91. The zero-order valence-corrected chi connectivity index (χ0v) is 20.3. The van der Waals surface area contributed by atoms with E-state index in [9.17, 15) is 17.6 Å². The zero-order valence-electron chi connectivity index (χ0n) is 17.1. The zero-order chi connectivity index (χ0) is 23.0. The van der Waals surface area contributed by atoms with Crippen molar-refractivity contribution in [2.24, 2.45) is 0 Å². The van der Waals surface area contributed by atoms with E-state index in [4.69, 9.17) is 0 Å². The number of thioether (sulfide) groups is 1. The average molecular weight is 537 g/mol. The highest BCUT2D eigenvalue weighted by Gasteiger charge is 2.27. The molecule has 0 bridgehead atoms. The maximum absolute atomic E-state index is 13.7. The van der Waals surface area contributed by atoms with Crippen molar-refractivity contribution >= 4 is 49.3 Å². The number of nitrogens with zero attached hydrogens (tertiary/aromatic N) is 1. The minimum atomic E-state index is -3.94. The Kier molecular flexibility index (Phi) is 8.72. The molecular formula is C23H22BrFN2O3S2. The van der Waals surface area contributed by atoms with Gasteiger partial charge in [0.1, 0.15) is 12.4 Å². The summed E-state index contributed by atoms with van der Waals surface area (Å²) in [5, 5.41) is 2.75. The molecule has 1 N–H and O–H groups in total. The molecule has 0 spiro atoms. The van der Waals surface area contributed by atoms with Crippen LogP contribution in [0.4, 0.5) is 10.1 Å². The first-order valence-electron chi connectivity index (χ1n) is 9.79. The molecule has 0 fully saturated rings. The number of carbonyl (C=O) groups excluding carboxylic acids is 1. The van der Waals surface area contributed by atoms with Crippen LogP contribution in [0, 0.1) is 5.82 Å². The maximum atomic E-state index is 13.7. The molecule has 0 aliphatic rings. The predicted molar refractivity (Wildman–Crippen MR) is 131 cm³/mol. The predicted octanol–water partition coefficient (Wildman–Crippen LogP) is 4.83. The monoisotopic (exact) mass is 536 g/mol. The average Bonchev–Trinajstić information content (AvgIpc) is 2.79. The number of amides is 1. The Balaban J connectivity index is 1.63. The Morgan fingerprint density at radius 1 is 1.00 bits per heavy atom. The summed E-state index contributed by atoms with van der Waals surface area (Å²) in [5.74, 6) is 0.396. The summed E-state index contributed by atoms with van der Waals surface area (Å²) in [4.78, 5) is 12.7. The van der Waals surface area contributed by atoms with E-state index < -0.39 is 15.9 Å². The number of sulfonamides is 1. The largest absolute Gasteiger partial charge is 0.354 e. The van der Waals surface area contributed by atoms with Gasteiger partial charge in [0, 0.05) is 22.5 Å². The van der Waals surface area contributed by atoms with Crippen LogP contribution in [-0.2, 0) is 20.6 Å². The molecule has 0 aliphatic heterocycles. The second-order valence-electron chi connectivity index (χ2n) is 6.80. The van der Waals surface area contributed by atoms with Crippen LogP contribution in [0.3, 0.4) is 0 Å². The molecule has 1 amide bonds. The maximum Gasteiger partial charge on any atom is 0.264 e. The summed E-state index contributed by atoms with van der Waals surface area (Å²) in [6.07, 6.45) is 0. The number of rotatable bonds is 10. The first-order chi connectivity index (χ1) is 15.4. The summed E-state index contributed by atoms with van der Waals surface area (Å²) in [6.45, 7) is -0.0126. The second kappa shape index (κ2) is 11.5. The molecule has 168 valence electrons. The second-order valence-corrected chi connectivity index (χ2v) is 10.7. The molecule has 3 rings (SSSR count). The van der Waals surface area contributed by atoms with Crippen LogP contribution in [0.1, 0.15) is 5.56 Å². The van der Waals surface area contributed by atoms with E-state index in [1.54, 1.807) is 60.7 Å². The van der Waals surface area contributed by atoms with Gasteiger partial charge < -0.3 is 5.32 Å². The number of halogens is 2. The summed E-state index contributed by atoms with van der Waals surface area (Å²) >= 11 is 4.84. The Hall–Kier alpha value is -2.36. The van der Waals surface area contributed by atoms with Gasteiger partial charge in [0.15, 0.2) is 0 Å². The molecule has 0 aliphatic carbocycles. The van der Waals surface area contributed by atoms with Gasteiger partial charge >= 0.3 is 0 Å². The van der Waals surface area contributed by atoms with Crippen molar-refractivity contribution in [2.75, 3.05) is 23.1 Å². The van der Waals surface area contributed by atoms with Crippen LogP contribution >= 0.6 is 27.7 Å². The Morgan fingerprint density at radius 2 is 1.72 bits per heavy atom. The van der Waals surface area contributed by atoms with Crippen LogP contribution < -0.4 is 9.62 Å². The first kappa shape index (κ1) is 24.3. The smallest absolute Gasteiger partial charge is 0.264 e. The number of carbonyl (C=O) groups is 1. The van der Waals surface area contributed by atoms with Crippen LogP contribution in [-0.4, -0.2) is 33.2 Å². The molecule has 9 heteroatoms. The number of hydrogen-bond donors (Lipinski definition) is 1. The molecule has 0 saturated heterocycles. The molecule has 0 heterocycles. The van der Waals surface area contributed by atoms with Gasteiger partial charge in [0.2, 0.25) is 5.91 Å². The van der Waals surface area contributed by atoms with Gasteiger partial charge in [-0.3, -0.25) is 9.10 Å². The number of anilines is 1. The van der Waals surface area contributed by atoms with E-state index in [2.05, 4.69) is 21.2 Å². The topological polar surface area (TPSA) is 66.5 Å². The van der Waals surface area contributed by atoms with Crippen LogP contribution in [0.25, 0.3) is 0 Å². The SMILES string of the molecule is O=C(CN(c1cccc(Br)c1)S(=O)(=O)c1ccccc1)NCCSCc1ccccc1F. The van der Waals surface area contributed by atoms with Gasteiger partial charge in [-0.1, -0.05) is 58.4 Å². The third-order valence-electron chi connectivity index (χ3n) is 4.50. The highest BCUT2D eigenvalue weighted by atomic mass is 79.9. The Bertz CT molecular complexity index is 1160. The standard InChI is InChI=1S/C23H22BrFN2O3S2/c24-19-8-6-9-20(15-19)27(32(29,30)21-10-2-1-3-11-21)16-23(28)26-13-14-31-17-18-7-4-5-12-22(18)25/h1-12,15H,13-14,16-17H2,(H,26,28). The molecule has 0 unspecified atom stereocenters. The van der Waals surface area contributed by atoms with Crippen molar-refractivity contribution in [1.82, 2.24) is 5.32 Å². The normalized spacial score (nSPS) is 11.2. The number of benzene rings is 3. The Morgan fingerprint density at radius 3 is 2.44 bits per heavy atom. The molecule has 0 saturated carbocycles. The van der Waals surface area contributed by atoms with Crippen molar-refractivity contribution in [3.8, 4) is 0 Å². The van der Waals surface area contributed by atoms with E-state index in [1.807, 2.05) is 0 Å². The highest BCUT2D eigenvalue weighted by molar-refractivity contribution is 9.10. The molecule has 32 heavy (non-hydrogen) atoms. The van der Waals surface area contributed by atoms with Crippen molar-refractivity contribution in [1.29, 1.82) is 0 Å². The van der Waals surface area contributed by atoms with Gasteiger partial charge in [-0.15, -0.1) is 0 Å². The molecule has 0 atom stereocenters. The molecule has 3 aromatic rings. The molecule has 0 radical (unpaired) electrons. The molecule has 5 nitrogen and oxygen atoms in total. The van der Waals surface area contributed by atoms with Crippen molar-refractivity contribution in [3.05, 3.63) is 94.7 Å². The van der Waals surface area contributed by atoms with E-state index in [-0.39, 0.29) is 17.3 Å². The van der Waals surface area contributed by atoms with Crippen LogP contribution in [0.2, 0.25) is 0 Å². The fourth-order valence-corrected chi connectivity index (χ4v) is 5.58. The molecule has 0 aromatic heterocycles. The van der Waals surface area contributed by atoms with Crippen LogP contribution in [0.15, 0.2) is 88.2 Å². The summed E-state index contributed by atoms with van der Waals surface area (Å²) < 4.78 is 41.9. The summed E-state index contributed by atoms with van der Waals surface area (Å²) in [7, 11) is -3.94. The van der Waals surface area contributed by atoms with Gasteiger partial charge in [0.05, 0.1) is 10.6 Å². The minimum absolute atomic E-state index is 0.105. The third kappa shape index (κ3) is 6.57. The summed E-state index contributed by atoms with van der Waals surface area (Å²) in [6, 6.07) is 21.4. The lowest BCUT2D eigenvalue weighted by Crippen LogP contribution is -2.41. The molecule has 3 aromatic carbocycles. The first-order valence-corrected chi connectivity index (χ1v) is 13.2. The lowest BCUT2D eigenvalue weighted by Gasteiger charge is -2.24. The van der Waals surface area contributed by atoms with Gasteiger partial charge in [-0.2, -0.15) is 11.8 Å². The third-order valence-corrected chi connectivity index (χ3v) is 7.79. The van der Waals surface area contributed by atoms with Crippen LogP contribution in [0.5, 0.6) is 0 Å². The number of hydrogen-bond acceptors (Lipinski definition) is 4.